The molecule has 1 atom stereocenters. The predicted octanol–water partition coefficient (Wildman–Crippen LogP) is 0.669. The molecule has 2 aliphatic rings. The van der Waals surface area contributed by atoms with Gasteiger partial charge in [0, 0.05) is 32.2 Å². The fourth-order valence-corrected chi connectivity index (χ4v) is 3.70. The summed E-state index contributed by atoms with van der Waals surface area (Å²) in [4.78, 5) is 15.8. The van der Waals surface area contributed by atoms with Crippen molar-refractivity contribution in [2.45, 2.75) is 30.9 Å². The summed E-state index contributed by atoms with van der Waals surface area (Å²) in [5.41, 5.74) is 5.32. The standard InChI is InChI=1S/C17H24FN3O2/c18-14-3-1-13(2-4-14)17(23)6-9-20(10-7-17)15-5-8-21(12-15)16(22)11-19/h1-4,15,23H,5-12,19H2. The number of benzene rings is 1. The summed E-state index contributed by atoms with van der Waals surface area (Å²) < 4.78 is 13.0. The van der Waals surface area contributed by atoms with Gasteiger partial charge in [-0.1, -0.05) is 12.1 Å². The van der Waals surface area contributed by atoms with Crippen molar-refractivity contribution in [2.75, 3.05) is 32.7 Å². The molecule has 126 valence electrons. The van der Waals surface area contributed by atoms with E-state index in [9.17, 15) is 14.3 Å². The van der Waals surface area contributed by atoms with E-state index in [1.165, 1.54) is 12.1 Å². The maximum absolute atomic E-state index is 13.0. The van der Waals surface area contributed by atoms with Gasteiger partial charge in [0.1, 0.15) is 5.82 Å². The van der Waals surface area contributed by atoms with Crippen LogP contribution in [0.5, 0.6) is 0 Å². The predicted molar refractivity (Wildman–Crippen MR) is 85.1 cm³/mol. The zero-order valence-electron chi connectivity index (χ0n) is 13.2. The summed E-state index contributed by atoms with van der Waals surface area (Å²) in [5, 5.41) is 10.8. The molecule has 1 amide bonds. The zero-order valence-corrected chi connectivity index (χ0v) is 13.2. The van der Waals surface area contributed by atoms with Crippen LogP contribution in [0.15, 0.2) is 24.3 Å². The van der Waals surface area contributed by atoms with Crippen LogP contribution in [0.25, 0.3) is 0 Å². The number of carbonyl (C=O) groups is 1. The molecule has 0 aliphatic carbocycles. The molecule has 2 heterocycles. The number of halogens is 1. The molecule has 2 aliphatic heterocycles. The van der Waals surface area contributed by atoms with E-state index in [0.717, 1.165) is 38.2 Å². The molecule has 3 N–H and O–H groups in total. The van der Waals surface area contributed by atoms with Crippen molar-refractivity contribution in [3.8, 4) is 0 Å². The molecule has 0 saturated carbocycles. The Morgan fingerprint density at radius 1 is 1.26 bits per heavy atom. The first-order chi connectivity index (χ1) is 11.0. The van der Waals surface area contributed by atoms with Crippen LogP contribution in [0.1, 0.15) is 24.8 Å². The number of hydrogen-bond donors (Lipinski definition) is 2. The van der Waals surface area contributed by atoms with E-state index < -0.39 is 5.60 Å². The summed E-state index contributed by atoms with van der Waals surface area (Å²) in [7, 11) is 0. The van der Waals surface area contributed by atoms with Gasteiger partial charge in [0.2, 0.25) is 5.91 Å². The van der Waals surface area contributed by atoms with E-state index in [2.05, 4.69) is 4.90 Å². The van der Waals surface area contributed by atoms with Crippen molar-refractivity contribution in [1.82, 2.24) is 9.80 Å². The van der Waals surface area contributed by atoms with Crippen LogP contribution in [0, 0.1) is 5.82 Å². The van der Waals surface area contributed by atoms with Gasteiger partial charge in [-0.3, -0.25) is 9.69 Å². The molecule has 2 fully saturated rings. The first-order valence-corrected chi connectivity index (χ1v) is 8.22. The number of amides is 1. The Labute approximate surface area is 135 Å². The minimum absolute atomic E-state index is 0.00678. The summed E-state index contributed by atoms with van der Waals surface area (Å²) in [6, 6.07) is 6.48. The summed E-state index contributed by atoms with van der Waals surface area (Å²) >= 11 is 0. The number of nitrogens with two attached hydrogens (primary N) is 1. The number of piperidine rings is 1. The highest BCUT2D eigenvalue weighted by atomic mass is 19.1. The van der Waals surface area contributed by atoms with Crippen molar-refractivity contribution in [3.63, 3.8) is 0 Å². The molecule has 5 nitrogen and oxygen atoms in total. The lowest BCUT2D eigenvalue weighted by Gasteiger charge is -2.41. The normalized spacial score (nSPS) is 24.8. The van der Waals surface area contributed by atoms with Gasteiger partial charge < -0.3 is 15.7 Å². The van der Waals surface area contributed by atoms with Crippen molar-refractivity contribution in [2.24, 2.45) is 5.73 Å². The minimum Gasteiger partial charge on any atom is -0.385 e. The first kappa shape index (κ1) is 16.4. The van der Waals surface area contributed by atoms with Crippen LogP contribution in [0.2, 0.25) is 0 Å². The van der Waals surface area contributed by atoms with Crippen molar-refractivity contribution < 1.29 is 14.3 Å². The van der Waals surface area contributed by atoms with Gasteiger partial charge in [-0.05, 0) is 37.0 Å². The van der Waals surface area contributed by atoms with Gasteiger partial charge in [0.15, 0.2) is 0 Å². The number of carbonyl (C=O) groups excluding carboxylic acids is 1. The highest BCUT2D eigenvalue weighted by Crippen LogP contribution is 2.34. The molecule has 3 rings (SSSR count). The molecule has 6 heteroatoms. The van der Waals surface area contributed by atoms with E-state index in [0.29, 0.717) is 18.9 Å². The summed E-state index contributed by atoms with van der Waals surface area (Å²) in [6.45, 7) is 3.12. The molecule has 0 radical (unpaired) electrons. The van der Waals surface area contributed by atoms with E-state index in [-0.39, 0.29) is 18.3 Å². The van der Waals surface area contributed by atoms with E-state index in [1.54, 1.807) is 12.1 Å². The van der Waals surface area contributed by atoms with Gasteiger partial charge in [-0.2, -0.15) is 0 Å². The number of hydrogen-bond acceptors (Lipinski definition) is 4. The van der Waals surface area contributed by atoms with Crippen LogP contribution in [-0.2, 0) is 10.4 Å². The Balaban J connectivity index is 1.58. The largest absolute Gasteiger partial charge is 0.385 e. The Kier molecular flexibility index (Phi) is 4.66. The van der Waals surface area contributed by atoms with Gasteiger partial charge in [0.25, 0.3) is 0 Å². The number of rotatable bonds is 3. The van der Waals surface area contributed by atoms with Crippen LogP contribution in [0.4, 0.5) is 4.39 Å². The third kappa shape index (κ3) is 3.39. The van der Waals surface area contributed by atoms with Crippen molar-refractivity contribution >= 4 is 5.91 Å². The summed E-state index contributed by atoms with van der Waals surface area (Å²) in [5.74, 6) is -0.280. The Bertz CT molecular complexity index is 555. The molecule has 0 bridgehead atoms. The summed E-state index contributed by atoms with van der Waals surface area (Å²) in [6.07, 6.45) is 2.21. The zero-order chi connectivity index (χ0) is 16.4. The minimum atomic E-state index is -0.879. The average molecular weight is 321 g/mol. The monoisotopic (exact) mass is 321 g/mol. The average Bonchev–Trinajstić information content (AvgIpc) is 3.05. The lowest BCUT2D eigenvalue weighted by atomic mass is 9.84. The highest BCUT2D eigenvalue weighted by Gasteiger charge is 2.38. The molecular formula is C17H24FN3O2. The third-order valence-corrected chi connectivity index (χ3v) is 5.21. The molecule has 0 spiro atoms. The molecule has 1 aromatic carbocycles. The van der Waals surface area contributed by atoms with Crippen molar-refractivity contribution in [3.05, 3.63) is 35.6 Å². The quantitative estimate of drug-likeness (QED) is 0.858. The van der Waals surface area contributed by atoms with Crippen molar-refractivity contribution in [1.29, 1.82) is 0 Å². The topological polar surface area (TPSA) is 69.8 Å². The van der Waals surface area contributed by atoms with Crippen LogP contribution >= 0.6 is 0 Å². The molecule has 0 aromatic heterocycles. The van der Waals surface area contributed by atoms with Crippen LogP contribution < -0.4 is 5.73 Å². The Morgan fingerprint density at radius 3 is 2.52 bits per heavy atom. The van der Waals surface area contributed by atoms with E-state index in [4.69, 9.17) is 5.73 Å². The maximum atomic E-state index is 13.0. The molecule has 1 unspecified atom stereocenters. The molecule has 2 saturated heterocycles. The SMILES string of the molecule is NCC(=O)N1CCC(N2CCC(O)(c3ccc(F)cc3)CC2)C1. The fraction of sp³-hybridized carbons (Fsp3) is 0.588. The third-order valence-electron chi connectivity index (χ3n) is 5.21. The van der Waals surface area contributed by atoms with E-state index >= 15 is 0 Å². The number of nitrogens with zero attached hydrogens (tertiary/aromatic N) is 2. The second kappa shape index (κ2) is 6.55. The van der Waals surface area contributed by atoms with Gasteiger partial charge in [-0.15, -0.1) is 0 Å². The molecular weight excluding hydrogens is 297 g/mol. The maximum Gasteiger partial charge on any atom is 0.236 e. The van der Waals surface area contributed by atoms with E-state index in [1.807, 2.05) is 4.90 Å². The Hall–Kier alpha value is -1.50. The van der Waals surface area contributed by atoms with Gasteiger partial charge >= 0.3 is 0 Å². The van der Waals surface area contributed by atoms with Gasteiger partial charge in [-0.25, -0.2) is 4.39 Å². The number of aliphatic hydroxyl groups is 1. The lowest BCUT2D eigenvalue weighted by Crippen LogP contribution is -2.48. The first-order valence-electron chi connectivity index (χ1n) is 8.22. The molecule has 1 aromatic rings. The number of likely N-dealkylation sites (tertiary alicyclic amines) is 2. The second-order valence-corrected chi connectivity index (χ2v) is 6.56. The second-order valence-electron chi connectivity index (χ2n) is 6.56. The van der Waals surface area contributed by atoms with Crippen LogP contribution in [0.3, 0.4) is 0 Å². The fourth-order valence-electron chi connectivity index (χ4n) is 3.70. The van der Waals surface area contributed by atoms with Crippen LogP contribution in [-0.4, -0.2) is 59.6 Å². The smallest absolute Gasteiger partial charge is 0.236 e. The highest BCUT2D eigenvalue weighted by molar-refractivity contribution is 5.78. The van der Waals surface area contributed by atoms with Gasteiger partial charge in [0.05, 0.1) is 12.1 Å². The Morgan fingerprint density at radius 2 is 1.91 bits per heavy atom. The lowest BCUT2D eigenvalue weighted by molar-refractivity contribution is -0.128. The molecule has 23 heavy (non-hydrogen) atoms.